The van der Waals surface area contributed by atoms with Gasteiger partial charge in [-0.2, -0.15) is 0 Å². The second-order valence-corrected chi connectivity index (χ2v) is 9.35. The first-order valence-corrected chi connectivity index (χ1v) is 12.3. The van der Waals surface area contributed by atoms with Crippen molar-refractivity contribution in [3.05, 3.63) is 107 Å². The Hall–Kier alpha value is -4.56. The van der Waals surface area contributed by atoms with Crippen LogP contribution in [0.3, 0.4) is 0 Å². The van der Waals surface area contributed by atoms with Crippen molar-refractivity contribution < 1.29 is 19.4 Å². The van der Waals surface area contributed by atoms with Gasteiger partial charge in [0.2, 0.25) is 12.0 Å². The number of nitrogens with one attached hydrogen (secondary N) is 1. The number of nitrogens with zero attached hydrogens (tertiary/aromatic N) is 3. The summed E-state index contributed by atoms with van der Waals surface area (Å²) in [6, 6.07) is 26.5. The Morgan fingerprint density at radius 1 is 0.947 bits per heavy atom. The van der Waals surface area contributed by atoms with Gasteiger partial charge in [0.05, 0.1) is 6.54 Å². The predicted octanol–water partition coefficient (Wildman–Crippen LogP) is 4.10. The number of amides is 1. The number of benzene rings is 3. The number of carbonyl (C=O) groups excluding carboxylic acids is 1. The maximum absolute atomic E-state index is 13.1. The minimum atomic E-state index is -1.52. The topological polar surface area (TPSA) is 105 Å². The molecule has 2 atom stereocenters. The van der Waals surface area contributed by atoms with E-state index in [1.54, 1.807) is 27.0 Å². The average Bonchev–Trinajstić information content (AvgIpc) is 3.02. The zero-order chi connectivity index (χ0) is 26.9. The summed E-state index contributed by atoms with van der Waals surface area (Å²) in [5, 5.41) is 14.0. The highest BCUT2D eigenvalue weighted by atomic mass is 16.5. The number of para-hydroxylation sites is 1. The molecular formula is C30H28N4O4. The van der Waals surface area contributed by atoms with E-state index in [0.717, 1.165) is 11.1 Å². The molecule has 0 spiro atoms. The summed E-state index contributed by atoms with van der Waals surface area (Å²) < 4.78 is 6.15. The highest BCUT2D eigenvalue weighted by Gasteiger charge is 2.52. The Bertz CT molecular complexity index is 1490. The third-order valence-corrected chi connectivity index (χ3v) is 6.81. The molecule has 1 aromatic heterocycles. The van der Waals surface area contributed by atoms with E-state index >= 15 is 0 Å². The molecule has 0 saturated carbocycles. The molecular weight excluding hydrogens is 480 g/mol. The van der Waals surface area contributed by atoms with Gasteiger partial charge in [-0.15, -0.1) is 0 Å². The van der Waals surface area contributed by atoms with Crippen molar-refractivity contribution >= 4 is 17.6 Å². The standard InChI is InChI=1S/C30H28N4O4/c1-19-16-20(2)33-29(32-19)38-27(28(36)37)30(23-13-9-12-22(17-23)21-10-5-4-6-11-21)24-14-7-8-15-25(24)34(3)26(35)18-31-30/h4-17,27,31H,18H2,1-3H3,(H,36,37). The summed E-state index contributed by atoms with van der Waals surface area (Å²) in [5.41, 5.74) is 3.53. The molecule has 2 unspecified atom stereocenters. The number of aliphatic carboxylic acids is 1. The van der Waals surface area contributed by atoms with E-state index in [1.807, 2.05) is 78.9 Å². The molecule has 0 radical (unpaired) electrons. The average molecular weight is 509 g/mol. The van der Waals surface area contributed by atoms with E-state index < -0.39 is 17.6 Å². The summed E-state index contributed by atoms with van der Waals surface area (Å²) in [6.07, 6.45) is -1.52. The van der Waals surface area contributed by atoms with Gasteiger partial charge in [-0.05, 0) is 48.7 Å². The van der Waals surface area contributed by atoms with Gasteiger partial charge in [0, 0.05) is 29.7 Å². The Morgan fingerprint density at radius 3 is 2.32 bits per heavy atom. The van der Waals surface area contributed by atoms with Gasteiger partial charge in [0.25, 0.3) is 0 Å². The highest BCUT2D eigenvalue weighted by molar-refractivity contribution is 5.97. The molecule has 3 aromatic carbocycles. The Morgan fingerprint density at radius 2 is 1.61 bits per heavy atom. The first-order chi connectivity index (χ1) is 18.3. The van der Waals surface area contributed by atoms with Crippen molar-refractivity contribution in [2.45, 2.75) is 25.5 Å². The zero-order valence-electron chi connectivity index (χ0n) is 21.4. The molecule has 1 aliphatic rings. The number of rotatable bonds is 6. The van der Waals surface area contributed by atoms with Crippen LogP contribution >= 0.6 is 0 Å². The second-order valence-electron chi connectivity index (χ2n) is 9.35. The van der Waals surface area contributed by atoms with Gasteiger partial charge in [-0.3, -0.25) is 10.1 Å². The van der Waals surface area contributed by atoms with Crippen molar-refractivity contribution in [1.29, 1.82) is 0 Å². The van der Waals surface area contributed by atoms with Gasteiger partial charge in [0.1, 0.15) is 5.54 Å². The molecule has 192 valence electrons. The molecule has 8 nitrogen and oxygen atoms in total. The summed E-state index contributed by atoms with van der Waals surface area (Å²) in [7, 11) is 1.68. The second kappa shape index (κ2) is 10.1. The summed E-state index contributed by atoms with van der Waals surface area (Å²) >= 11 is 0. The number of ether oxygens (including phenoxy) is 1. The molecule has 1 aliphatic heterocycles. The first-order valence-electron chi connectivity index (χ1n) is 12.3. The lowest BCUT2D eigenvalue weighted by Gasteiger charge is -2.39. The molecule has 5 rings (SSSR count). The van der Waals surface area contributed by atoms with E-state index in [0.29, 0.717) is 28.2 Å². The van der Waals surface area contributed by atoms with Crippen LogP contribution in [-0.4, -0.2) is 46.6 Å². The molecule has 2 N–H and O–H groups in total. The quantitative estimate of drug-likeness (QED) is 0.404. The van der Waals surface area contributed by atoms with E-state index in [1.165, 1.54) is 4.90 Å². The maximum Gasteiger partial charge on any atom is 0.347 e. The minimum absolute atomic E-state index is 0.0447. The van der Waals surface area contributed by atoms with Crippen LogP contribution < -0.4 is 15.0 Å². The third kappa shape index (κ3) is 4.50. The van der Waals surface area contributed by atoms with Crippen LogP contribution in [-0.2, 0) is 15.1 Å². The van der Waals surface area contributed by atoms with Crippen molar-refractivity contribution in [2.75, 3.05) is 18.5 Å². The minimum Gasteiger partial charge on any atom is -0.478 e. The van der Waals surface area contributed by atoms with Crippen molar-refractivity contribution in [1.82, 2.24) is 15.3 Å². The Labute approximate surface area is 220 Å². The van der Waals surface area contributed by atoms with Gasteiger partial charge in [0.15, 0.2) is 0 Å². The molecule has 1 amide bonds. The summed E-state index contributed by atoms with van der Waals surface area (Å²) in [5.74, 6) is -1.43. The highest BCUT2D eigenvalue weighted by Crippen LogP contribution is 2.42. The van der Waals surface area contributed by atoms with Crippen LogP contribution in [0.2, 0.25) is 0 Å². The fraction of sp³-hybridized carbons (Fsp3) is 0.200. The number of fused-ring (bicyclic) bond motifs is 1. The number of hydrogen-bond acceptors (Lipinski definition) is 6. The number of carbonyl (C=O) groups is 2. The van der Waals surface area contributed by atoms with Crippen LogP contribution in [0.25, 0.3) is 11.1 Å². The van der Waals surface area contributed by atoms with Crippen LogP contribution in [0.15, 0.2) is 84.9 Å². The third-order valence-electron chi connectivity index (χ3n) is 6.81. The van der Waals surface area contributed by atoms with E-state index in [9.17, 15) is 14.7 Å². The van der Waals surface area contributed by atoms with Gasteiger partial charge < -0.3 is 14.7 Å². The van der Waals surface area contributed by atoms with E-state index in [2.05, 4.69) is 15.3 Å². The van der Waals surface area contributed by atoms with Crippen molar-refractivity contribution in [3.8, 4) is 17.1 Å². The molecule has 0 saturated heterocycles. The monoisotopic (exact) mass is 508 g/mol. The van der Waals surface area contributed by atoms with Crippen molar-refractivity contribution in [2.24, 2.45) is 0 Å². The molecule has 8 heteroatoms. The van der Waals surface area contributed by atoms with Crippen molar-refractivity contribution in [3.63, 3.8) is 0 Å². The zero-order valence-corrected chi connectivity index (χ0v) is 21.4. The number of likely N-dealkylation sites (N-methyl/N-ethyl adjacent to an activating group) is 1. The van der Waals surface area contributed by atoms with E-state index in [-0.39, 0.29) is 18.5 Å². The molecule has 0 aliphatic carbocycles. The van der Waals surface area contributed by atoms with Crippen LogP contribution in [0.1, 0.15) is 22.5 Å². The fourth-order valence-corrected chi connectivity index (χ4v) is 5.06. The van der Waals surface area contributed by atoms with Crippen LogP contribution in [0, 0.1) is 13.8 Å². The Balaban J connectivity index is 1.79. The Kier molecular flexibility index (Phi) is 6.65. The lowest BCUT2D eigenvalue weighted by molar-refractivity contribution is -0.149. The molecule has 0 bridgehead atoms. The molecule has 4 aromatic rings. The molecule has 0 fully saturated rings. The summed E-state index contributed by atoms with van der Waals surface area (Å²) in [4.78, 5) is 36.4. The van der Waals surface area contributed by atoms with E-state index in [4.69, 9.17) is 4.74 Å². The number of anilines is 1. The summed E-state index contributed by atoms with van der Waals surface area (Å²) in [6.45, 7) is 3.48. The largest absolute Gasteiger partial charge is 0.478 e. The fourth-order valence-electron chi connectivity index (χ4n) is 5.06. The lowest BCUT2D eigenvalue weighted by atomic mass is 9.76. The smallest absolute Gasteiger partial charge is 0.347 e. The van der Waals surface area contributed by atoms with Gasteiger partial charge >= 0.3 is 12.0 Å². The number of aromatic nitrogens is 2. The van der Waals surface area contributed by atoms with Gasteiger partial charge in [-0.1, -0.05) is 66.7 Å². The SMILES string of the molecule is Cc1cc(C)nc(OC(C(=O)O)C2(c3cccc(-c4ccccc4)c3)NCC(=O)N(C)c3ccccc32)n1. The number of aryl methyl sites for hydroxylation is 2. The van der Waals surface area contributed by atoms with Crippen LogP contribution in [0.5, 0.6) is 6.01 Å². The molecule has 38 heavy (non-hydrogen) atoms. The first kappa shape index (κ1) is 25.1. The number of carboxylic acids is 1. The number of hydrogen-bond donors (Lipinski definition) is 2. The maximum atomic E-state index is 13.1. The predicted molar refractivity (Wildman–Crippen MR) is 144 cm³/mol. The van der Waals surface area contributed by atoms with Crippen LogP contribution in [0.4, 0.5) is 5.69 Å². The molecule has 2 heterocycles. The normalized spacial score (nSPS) is 17.9. The lowest BCUT2D eigenvalue weighted by Crippen LogP contribution is -2.58. The van der Waals surface area contributed by atoms with Gasteiger partial charge in [-0.25, -0.2) is 14.8 Å². The number of carboxylic acid groups (broad SMARTS) is 1.